The minimum absolute atomic E-state index is 0.110. The zero-order valence-electron chi connectivity index (χ0n) is 12.3. The van der Waals surface area contributed by atoms with Crippen LogP contribution in [0, 0.1) is 0 Å². The molecule has 1 unspecified atom stereocenters. The minimum Gasteiger partial charge on any atom is -0.465 e. The summed E-state index contributed by atoms with van der Waals surface area (Å²) in [6.45, 7) is 2.46. The van der Waals surface area contributed by atoms with Crippen molar-refractivity contribution in [1.82, 2.24) is 0 Å². The Kier molecular flexibility index (Phi) is 9.71. The molecule has 112 valence electrons. The zero-order valence-corrected chi connectivity index (χ0v) is 14.5. The van der Waals surface area contributed by atoms with E-state index in [0.717, 1.165) is 18.4 Å². The van der Waals surface area contributed by atoms with Crippen molar-refractivity contribution < 1.29 is 9.53 Å². The van der Waals surface area contributed by atoms with E-state index in [1.807, 2.05) is 37.3 Å². The number of benzene rings is 1. The highest BCUT2D eigenvalue weighted by atomic mass is 127. The van der Waals surface area contributed by atoms with E-state index in [-0.39, 0.29) is 11.9 Å². The topological polar surface area (TPSA) is 26.3 Å². The molecule has 0 amide bonds. The van der Waals surface area contributed by atoms with Gasteiger partial charge in [-0.2, -0.15) is 0 Å². The second-order valence-electron chi connectivity index (χ2n) is 5.11. The standard InChI is InChI=1S/C17H25IO2/c1-15(16-11-7-6-8-12-16)17(19)20-14-10-5-3-2-4-9-13-18/h6-8,11-12,15H,2-5,9-10,13-14H2,1H3. The number of carbonyl (C=O) groups excluding carboxylic acids is 1. The lowest BCUT2D eigenvalue weighted by Gasteiger charge is -2.11. The van der Waals surface area contributed by atoms with Crippen molar-refractivity contribution >= 4 is 28.6 Å². The highest BCUT2D eigenvalue weighted by molar-refractivity contribution is 14.1. The summed E-state index contributed by atoms with van der Waals surface area (Å²) >= 11 is 2.42. The van der Waals surface area contributed by atoms with E-state index in [9.17, 15) is 4.79 Å². The van der Waals surface area contributed by atoms with Crippen molar-refractivity contribution in [3.05, 3.63) is 35.9 Å². The molecule has 0 aliphatic heterocycles. The fraction of sp³-hybridized carbons (Fsp3) is 0.588. The van der Waals surface area contributed by atoms with E-state index in [0.29, 0.717) is 6.61 Å². The first-order valence-electron chi connectivity index (χ1n) is 7.53. The molecule has 3 heteroatoms. The van der Waals surface area contributed by atoms with Crippen LogP contribution in [-0.2, 0) is 9.53 Å². The van der Waals surface area contributed by atoms with E-state index >= 15 is 0 Å². The van der Waals surface area contributed by atoms with Crippen LogP contribution in [0.2, 0.25) is 0 Å². The molecular formula is C17H25IO2. The van der Waals surface area contributed by atoms with Crippen LogP contribution in [0.15, 0.2) is 30.3 Å². The highest BCUT2D eigenvalue weighted by Gasteiger charge is 2.15. The van der Waals surface area contributed by atoms with Crippen LogP contribution in [0.1, 0.15) is 56.9 Å². The van der Waals surface area contributed by atoms with E-state index < -0.39 is 0 Å². The molecule has 0 saturated heterocycles. The molecule has 0 radical (unpaired) electrons. The number of alkyl halides is 1. The maximum Gasteiger partial charge on any atom is 0.313 e. The number of hydrogen-bond donors (Lipinski definition) is 0. The molecule has 0 heterocycles. The molecule has 0 aliphatic rings. The third-order valence-electron chi connectivity index (χ3n) is 3.43. The Balaban J connectivity index is 2.08. The molecule has 0 spiro atoms. The summed E-state index contributed by atoms with van der Waals surface area (Å²) in [5.41, 5.74) is 1.02. The number of unbranched alkanes of at least 4 members (excludes halogenated alkanes) is 5. The average molecular weight is 388 g/mol. The number of rotatable bonds is 10. The van der Waals surface area contributed by atoms with Crippen molar-refractivity contribution in [1.29, 1.82) is 0 Å². The summed E-state index contributed by atoms with van der Waals surface area (Å²) in [4.78, 5) is 11.9. The second-order valence-corrected chi connectivity index (χ2v) is 6.19. The lowest BCUT2D eigenvalue weighted by Crippen LogP contribution is -2.13. The van der Waals surface area contributed by atoms with Crippen LogP contribution >= 0.6 is 22.6 Å². The Morgan fingerprint density at radius 1 is 1.05 bits per heavy atom. The van der Waals surface area contributed by atoms with Crippen LogP contribution < -0.4 is 0 Å². The average Bonchev–Trinajstić information content (AvgIpc) is 2.50. The summed E-state index contributed by atoms with van der Waals surface area (Å²) in [6, 6.07) is 9.81. The van der Waals surface area contributed by atoms with Gasteiger partial charge in [0.1, 0.15) is 0 Å². The molecule has 1 aromatic carbocycles. The van der Waals surface area contributed by atoms with Gasteiger partial charge in [0.25, 0.3) is 0 Å². The van der Waals surface area contributed by atoms with Gasteiger partial charge in [0.05, 0.1) is 12.5 Å². The lowest BCUT2D eigenvalue weighted by atomic mass is 10.0. The Hall–Kier alpha value is -0.580. The molecule has 0 saturated carbocycles. The van der Waals surface area contributed by atoms with Crippen LogP contribution in [0.3, 0.4) is 0 Å². The molecular weight excluding hydrogens is 363 g/mol. The molecule has 2 nitrogen and oxygen atoms in total. The maximum absolute atomic E-state index is 11.9. The van der Waals surface area contributed by atoms with Crippen molar-refractivity contribution in [2.75, 3.05) is 11.0 Å². The molecule has 1 atom stereocenters. The SMILES string of the molecule is CC(C(=O)OCCCCCCCCI)c1ccccc1. The molecule has 0 bridgehead atoms. The number of halogens is 1. The molecule has 0 aromatic heterocycles. The van der Waals surface area contributed by atoms with E-state index in [1.54, 1.807) is 0 Å². The van der Waals surface area contributed by atoms with E-state index in [1.165, 1.54) is 30.1 Å². The van der Waals surface area contributed by atoms with Gasteiger partial charge >= 0.3 is 5.97 Å². The van der Waals surface area contributed by atoms with Gasteiger partial charge < -0.3 is 4.74 Å². The number of carbonyl (C=O) groups is 1. The Bertz CT molecular complexity index is 365. The van der Waals surface area contributed by atoms with Crippen LogP contribution in [0.5, 0.6) is 0 Å². The lowest BCUT2D eigenvalue weighted by molar-refractivity contribution is -0.145. The summed E-state index contributed by atoms with van der Waals surface area (Å²) < 4.78 is 6.60. The highest BCUT2D eigenvalue weighted by Crippen LogP contribution is 2.16. The van der Waals surface area contributed by atoms with Gasteiger partial charge in [-0.25, -0.2) is 0 Å². The summed E-state index contributed by atoms with van der Waals surface area (Å²) in [5, 5.41) is 0. The number of ether oxygens (including phenoxy) is 1. The predicted molar refractivity (Wildman–Crippen MR) is 92.4 cm³/mol. The molecule has 1 rings (SSSR count). The first-order chi connectivity index (χ1) is 9.75. The maximum atomic E-state index is 11.9. The minimum atomic E-state index is -0.167. The zero-order chi connectivity index (χ0) is 14.6. The third-order valence-corrected chi connectivity index (χ3v) is 4.19. The van der Waals surface area contributed by atoms with Crippen molar-refractivity contribution in [3.8, 4) is 0 Å². The molecule has 0 N–H and O–H groups in total. The van der Waals surface area contributed by atoms with Crippen molar-refractivity contribution in [2.45, 2.75) is 51.4 Å². The normalized spacial score (nSPS) is 12.1. The van der Waals surface area contributed by atoms with Crippen LogP contribution in [0.25, 0.3) is 0 Å². The van der Waals surface area contributed by atoms with Gasteiger partial charge in [-0.3, -0.25) is 4.79 Å². The molecule has 0 aliphatic carbocycles. The number of hydrogen-bond acceptors (Lipinski definition) is 2. The van der Waals surface area contributed by atoms with Gasteiger partial charge in [-0.1, -0.05) is 78.6 Å². The van der Waals surface area contributed by atoms with E-state index in [2.05, 4.69) is 22.6 Å². The quantitative estimate of drug-likeness (QED) is 0.241. The molecule has 20 heavy (non-hydrogen) atoms. The smallest absolute Gasteiger partial charge is 0.313 e. The van der Waals surface area contributed by atoms with Crippen LogP contribution in [0.4, 0.5) is 0 Å². The van der Waals surface area contributed by atoms with Crippen molar-refractivity contribution in [2.24, 2.45) is 0 Å². The van der Waals surface area contributed by atoms with Gasteiger partial charge in [0.2, 0.25) is 0 Å². The van der Waals surface area contributed by atoms with Gasteiger partial charge in [0.15, 0.2) is 0 Å². The Morgan fingerprint density at radius 2 is 1.65 bits per heavy atom. The summed E-state index contributed by atoms with van der Waals surface area (Å²) in [5.74, 6) is -0.277. The summed E-state index contributed by atoms with van der Waals surface area (Å²) in [7, 11) is 0. The van der Waals surface area contributed by atoms with Gasteiger partial charge in [-0.15, -0.1) is 0 Å². The first kappa shape index (κ1) is 17.5. The monoisotopic (exact) mass is 388 g/mol. The fourth-order valence-corrected chi connectivity index (χ4v) is 2.62. The van der Waals surface area contributed by atoms with Gasteiger partial charge in [0, 0.05) is 0 Å². The second kappa shape index (κ2) is 11.1. The summed E-state index contributed by atoms with van der Waals surface area (Å²) in [6.07, 6.45) is 7.35. The third kappa shape index (κ3) is 7.27. The molecule has 0 fully saturated rings. The van der Waals surface area contributed by atoms with Crippen LogP contribution in [-0.4, -0.2) is 17.0 Å². The largest absolute Gasteiger partial charge is 0.465 e. The fourth-order valence-electron chi connectivity index (χ4n) is 2.08. The van der Waals surface area contributed by atoms with Gasteiger partial charge in [-0.05, 0) is 29.8 Å². The predicted octanol–water partition coefficient (Wildman–Crippen LogP) is 5.11. The first-order valence-corrected chi connectivity index (χ1v) is 9.06. The Morgan fingerprint density at radius 3 is 2.30 bits per heavy atom. The van der Waals surface area contributed by atoms with Crippen molar-refractivity contribution in [3.63, 3.8) is 0 Å². The number of esters is 1. The molecule has 1 aromatic rings. The van der Waals surface area contributed by atoms with E-state index in [4.69, 9.17) is 4.74 Å². The Labute approximate surface area is 136 Å².